The van der Waals surface area contributed by atoms with Gasteiger partial charge in [-0.05, 0) is 31.2 Å². The summed E-state index contributed by atoms with van der Waals surface area (Å²) in [5.41, 5.74) is 1.09. The van der Waals surface area contributed by atoms with E-state index in [1.54, 1.807) is 0 Å². The highest BCUT2D eigenvalue weighted by Gasteiger charge is 2.29. The van der Waals surface area contributed by atoms with E-state index in [2.05, 4.69) is 15.5 Å². The van der Waals surface area contributed by atoms with Gasteiger partial charge in [-0.2, -0.15) is 4.98 Å². The molecule has 2 amide bonds. The van der Waals surface area contributed by atoms with Crippen LogP contribution in [0.4, 0.5) is 4.79 Å². The minimum atomic E-state index is -0.0454. The second-order valence-electron chi connectivity index (χ2n) is 6.99. The van der Waals surface area contributed by atoms with E-state index in [4.69, 9.17) is 9.26 Å². The van der Waals surface area contributed by atoms with Crippen LogP contribution in [0, 0.1) is 0 Å². The molecular formula is C19H24N4O3. The number of amides is 2. The third kappa shape index (κ3) is 4.40. The van der Waals surface area contributed by atoms with E-state index < -0.39 is 0 Å². The molecule has 7 heteroatoms. The molecular weight excluding hydrogens is 332 g/mol. The van der Waals surface area contributed by atoms with Gasteiger partial charge in [-0.25, -0.2) is 4.79 Å². The summed E-state index contributed by atoms with van der Waals surface area (Å²) in [6.07, 6.45) is 4.17. The first-order valence-corrected chi connectivity index (χ1v) is 9.29. The summed E-state index contributed by atoms with van der Waals surface area (Å²) in [4.78, 5) is 18.6. The van der Waals surface area contributed by atoms with Crippen molar-refractivity contribution in [1.29, 1.82) is 0 Å². The van der Waals surface area contributed by atoms with Gasteiger partial charge < -0.3 is 19.5 Å². The number of hydrogen-bond donors (Lipinski definition) is 1. The number of rotatable bonds is 6. The van der Waals surface area contributed by atoms with Gasteiger partial charge in [0.05, 0.1) is 6.10 Å². The number of hydrogen-bond acceptors (Lipinski definition) is 5. The fourth-order valence-corrected chi connectivity index (χ4v) is 3.17. The zero-order valence-electron chi connectivity index (χ0n) is 14.8. The van der Waals surface area contributed by atoms with E-state index in [1.807, 2.05) is 35.2 Å². The molecule has 1 aliphatic carbocycles. The summed E-state index contributed by atoms with van der Waals surface area (Å²) in [6, 6.07) is 9.87. The average molecular weight is 356 g/mol. The molecule has 2 heterocycles. The highest BCUT2D eigenvalue weighted by atomic mass is 16.5. The number of likely N-dealkylation sites (tertiary alicyclic amines) is 1. The normalized spacial score (nSPS) is 20.2. The van der Waals surface area contributed by atoms with Crippen molar-refractivity contribution in [3.8, 4) is 0 Å². The summed E-state index contributed by atoms with van der Waals surface area (Å²) in [6.45, 7) is 2.19. The lowest BCUT2D eigenvalue weighted by molar-refractivity contribution is -0.0103. The van der Waals surface area contributed by atoms with Crippen LogP contribution in [0.15, 0.2) is 34.9 Å². The van der Waals surface area contributed by atoms with Crippen LogP contribution in [0.3, 0.4) is 0 Å². The van der Waals surface area contributed by atoms with E-state index in [1.165, 1.54) is 0 Å². The van der Waals surface area contributed by atoms with Crippen molar-refractivity contribution < 1.29 is 14.1 Å². The number of nitrogens with zero attached hydrogens (tertiary/aromatic N) is 3. The highest BCUT2D eigenvalue weighted by Crippen LogP contribution is 2.38. The lowest BCUT2D eigenvalue weighted by Crippen LogP contribution is -2.47. The smallest absolute Gasteiger partial charge is 0.317 e. The van der Waals surface area contributed by atoms with E-state index in [0.717, 1.165) is 43.6 Å². The summed E-state index contributed by atoms with van der Waals surface area (Å²) in [7, 11) is 0. The monoisotopic (exact) mass is 356 g/mol. The summed E-state index contributed by atoms with van der Waals surface area (Å²) >= 11 is 0. The molecule has 1 atom stereocenters. The van der Waals surface area contributed by atoms with Crippen molar-refractivity contribution in [3.63, 3.8) is 0 Å². The molecule has 0 spiro atoms. The zero-order valence-corrected chi connectivity index (χ0v) is 14.8. The van der Waals surface area contributed by atoms with Crippen LogP contribution in [-0.4, -0.2) is 40.3 Å². The lowest BCUT2D eigenvalue weighted by atomic mass is 10.1. The van der Waals surface area contributed by atoms with Crippen LogP contribution in [-0.2, 0) is 17.9 Å². The number of aromatic nitrogens is 2. The van der Waals surface area contributed by atoms with Gasteiger partial charge >= 0.3 is 6.03 Å². The Labute approximate surface area is 152 Å². The standard InChI is InChI=1S/C19H24N4O3/c24-19(20-11-14-5-2-1-3-6-14)23-10-4-7-16(12-23)25-13-17-21-18(22-26-17)15-8-9-15/h1-3,5-6,15-16H,4,7-13H2,(H,20,24). The Morgan fingerprint density at radius 3 is 2.92 bits per heavy atom. The third-order valence-electron chi connectivity index (χ3n) is 4.82. The van der Waals surface area contributed by atoms with Crippen LogP contribution in [0.25, 0.3) is 0 Å². The van der Waals surface area contributed by atoms with Crippen molar-refractivity contribution in [3.05, 3.63) is 47.6 Å². The zero-order chi connectivity index (χ0) is 17.8. The summed E-state index contributed by atoms with van der Waals surface area (Å²) in [5, 5.41) is 6.97. The first kappa shape index (κ1) is 17.0. The van der Waals surface area contributed by atoms with Gasteiger partial charge in [0.15, 0.2) is 5.82 Å². The molecule has 1 saturated heterocycles. The molecule has 4 rings (SSSR count). The molecule has 2 fully saturated rings. The van der Waals surface area contributed by atoms with Crippen LogP contribution in [0.5, 0.6) is 0 Å². The van der Waals surface area contributed by atoms with Crippen LogP contribution >= 0.6 is 0 Å². The van der Waals surface area contributed by atoms with Crippen LogP contribution in [0.1, 0.15) is 48.9 Å². The highest BCUT2D eigenvalue weighted by molar-refractivity contribution is 5.74. The Hall–Kier alpha value is -2.41. The van der Waals surface area contributed by atoms with Crippen molar-refractivity contribution in [2.45, 2.75) is 50.9 Å². The molecule has 1 N–H and O–H groups in total. The largest absolute Gasteiger partial charge is 0.367 e. The molecule has 2 aliphatic rings. The van der Waals surface area contributed by atoms with Crippen molar-refractivity contribution in [2.75, 3.05) is 13.1 Å². The number of carbonyl (C=O) groups is 1. The van der Waals surface area contributed by atoms with E-state index in [0.29, 0.717) is 31.5 Å². The average Bonchev–Trinajstić information content (AvgIpc) is 3.44. The fraction of sp³-hybridized carbons (Fsp3) is 0.526. The first-order valence-electron chi connectivity index (χ1n) is 9.29. The molecule has 1 aromatic heterocycles. The molecule has 0 radical (unpaired) electrons. The topological polar surface area (TPSA) is 80.5 Å². The Morgan fingerprint density at radius 1 is 1.27 bits per heavy atom. The van der Waals surface area contributed by atoms with Gasteiger partial charge in [-0.1, -0.05) is 35.5 Å². The molecule has 1 aromatic carbocycles. The van der Waals surface area contributed by atoms with Crippen molar-refractivity contribution in [2.24, 2.45) is 0 Å². The molecule has 1 unspecified atom stereocenters. The number of nitrogens with one attached hydrogen (secondary N) is 1. The van der Waals surface area contributed by atoms with Gasteiger partial charge in [-0.15, -0.1) is 0 Å². The molecule has 1 aliphatic heterocycles. The van der Waals surface area contributed by atoms with Gasteiger partial charge in [-0.3, -0.25) is 0 Å². The SMILES string of the molecule is O=C(NCc1ccccc1)N1CCCC(OCc2nc(C3CC3)no2)C1. The molecule has 2 aromatic rings. The van der Waals surface area contributed by atoms with Crippen LogP contribution in [0.2, 0.25) is 0 Å². The first-order chi connectivity index (χ1) is 12.8. The number of carbonyl (C=O) groups excluding carboxylic acids is 1. The molecule has 26 heavy (non-hydrogen) atoms. The van der Waals surface area contributed by atoms with E-state index >= 15 is 0 Å². The molecule has 1 saturated carbocycles. The molecule has 7 nitrogen and oxygen atoms in total. The Balaban J connectivity index is 1.23. The number of benzene rings is 1. The maximum absolute atomic E-state index is 12.4. The van der Waals surface area contributed by atoms with Gasteiger partial charge in [0.2, 0.25) is 0 Å². The number of urea groups is 1. The lowest BCUT2D eigenvalue weighted by Gasteiger charge is -2.32. The summed E-state index contributed by atoms with van der Waals surface area (Å²) < 4.78 is 11.1. The Bertz CT molecular complexity index is 729. The maximum Gasteiger partial charge on any atom is 0.317 e. The fourth-order valence-electron chi connectivity index (χ4n) is 3.17. The predicted octanol–water partition coefficient (Wildman–Crippen LogP) is 2.84. The predicted molar refractivity (Wildman–Crippen MR) is 94.3 cm³/mol. The summed E-state index contributed by atoms with van der Waals surface area (Å²) in [5.74, 6) is 1.80. The Kier molecular flexibility index (Phi) is 5.15. The molecule has 0 bridgehead atoms. The van der Waals surface area contributed by atoms with Crippen LogP contribution < -0.4 is 5.32 Å². The van der Waals surface area contributed by atoms with Gasteiger partial charge in [0, 0.05) is 25.6 Å². The number of ether oxygens (including phenoxy) is 1. The maximum atomic E-state index is 12.4. The van der Waals surface area contributed by atoms with E-state index in [-0.39, 0.29) is 12.1 Å². The Morgan fingerprint density at radius 2 is 2.12 bits per heavy atom. The van der Waals surface area contributed by atoms with E-state index in [9.17, 15) is 4.79 Å². The second kappa shape index (κ2) is 7.86. The number of piperidine rings is 1. The van der Waals surface area contributed by atoms with Crippen molar-refractivity contribution in [1.82, 2.24) is 20.4 Å². The second-order valence-corrected chi connectivity index (χ2v) is 6.99. The molecule has 138 valence electrons. The van der Waals surface area contributed by atoms with Gasteiger partial charge in [0.1, 0.15) is 6.61 Å². The quantitative estimate of drug-likeness (QED) is 0.861. The third-order valence-corrected chi connectivity index (χ3v) is 4.82. The minimum absolute atomic E-state index is 0.00232. The van der Waals surface area contributed by atoms with Crippen molar-refractivity contribution >= 4 is 6.03 Å². The van der Waals surface area contributed by atoms with Gasteiger partial charge in [0.25, 0.3) is 5.89 Å². The minimum Gasteiger partial charge on any atom is -0.367 e.